The molecule has 0 bridgehead atoms. The van der Waals surface area contributed by atoms with Crippen LogP contribution >= 0.6 is 11.3 Å². The molecule has 0 unspecified atom stereocenters. The highest BCUT2D eigenvalue weighted by atomic mass is 32.2. The van der Waals surface area contributed by atoms with Gasteiger partial charge in [-0.05, 0) is 43.2 Å². The van der Waals surface area contributed by atoms with Crippen molar-refractivity contribution in [1.82, 2.24) is 14.1 Å². The lowest BCUT2D eigenvalue weighted by Gasteiger charge is -2.34. The summed E-state index contributed by atoms with van der Waals surface area (Å²) in [6, 6.07) is 10.6. The van der Waals surface area contributed by atoms with Crippen molar-refractivity contribution in [2.45, 2.75) is 24.7 Å². The fourth-order valence-electron chi connectivity index (χ4n) is 4.04. The minimum Gasteiger partial charge on any atom is -0.379 e. The summed E-state index contributed by atoms with van der Waals surface area (Å²) in [5.74, 6) is 0.0893. The number of carbonyl (C=O) groups is 2. The van der Waals surface area contributed by atoms with Crippen molar-refractivity contribution in [3.05, 3.63) is 51.7 Å². The molecular formula is C23H29N3O5S2. The minimum absolute atomic E-state index is 0.0346. The fraction of sp³-hybridized carbons (Fsp3) is 0.478. The van der Waals surface area contributed by atoms with Crippen LogP contribution in [-0.2, 0) is 26.0 Å². The lowest BCUT2D eigenvalue weighted by atomic mass is 10.1. The molecule has 2 aliphatic rings. The van der Waals surface area contributed by atoms with E-state index in [9.17, 15) is 18.0 Å². The van der Waals surface area contributed by atoms with Crippen molar-refractivity contribution >= 4 is 33.2 Å². The molecule has 0 radical (unpaired) electrons. The van der Waals surface area contributed by atoms with E-state index in [1.165, 1.54) is 15.6 Å². The lowest BCUT2D eigenvalue weighted by Crippen LogP contribution is -2.50. The second kappa shape index (κ2) is 10.3. The Labute approximate surface area is 198 Å². The number of amides is 2. The van der Waals surface area contributed by atoms with Crippen LogP contribution in [0.4, 0.5) is 0 Å². The highest BCUT2D eigenvalue weighted by molar-refractivity contribution is 7.89. The Hall–Kier alpha value is -2.27. The zero-order chi connectivity index (χ0) is 23.4. The quantitative estimate of drug-likeness (QED) is 0.617. The van der Waals surface area contributed by atoms with Crippen LogP contribution in [0.25, 0.3) is 0 Å². The molecule has 8 nitrogen and oxygen atoms in total. The molecule has 2 aliphatic heterocycles. The van der Waals surface area contributed by atoms with Gasteiger partial charge in [-0.25, -0.2) is 8.42 Å². The monoisotopic (exact) mass is 491 g/mol. The molecule has 3 heterocycles. The number of rotatable bonds is 6. The number of ether oxygens (including phenoxy) is 1. The van der Waals surface area contributed by atoms with Crippen molar-refractivity contribution in [3.8, 4) is 0 Å². The number of thiophene rings is 1. The van der Waals surface area contributed by atoms with Crippen molar-refractivity contribution in [2.24, 2.45) is 0 Å². The molecule has 0 N–H and O–H groups in total. The maximum Gasteiger partial charge on any atom is 0.264 e. The highest BCUT2D eigenvalue weighted by Crippen LogP contribution is 2.20. The van der Waals surface area contributed by atoms with Crippen LogP contribution in [0.2, 0.25) is 0 Å². The summed E-state index contributed by atoms with van der Waals surface area (Å²) < 4.78 is 32.1. The first kappa shape index (κ1) is 23.9. The average Bonchev–Trinajstić information content (AvgIpc) is 3.29. The zero-order valence-corrected chi connectivity index (χ0v) is 20.4. The average molecular weight is 492 g/mol. The molecule has 1 aromatic heterocycles. The number of aryl methyl sites for hydroxylation is 2. The largest absolute Gasteiger partial charge is 0.379 e. The Kier molecular flexibility index (Phi) is 7.48. The van der Waals surface area contributed by atoms with E-state index in [0.29, 0.717) is 65.3 Å². The fourth-order valence-corrected chi connectivity index (χ4v) is 6.28. The predicted octanol–water partition coefficient (Wildman–Crippen LogP) is 1.99. The molecule has 2 aromatic rings. The van der Waals surface area contributed by atoms with Gasteiger partial charge < -0.3 is 14.5 Å². The third kappa shape index (κ3) is 5.63. The number of hydrogen-bond acceptors (Lipinski definition) is 6. The Balaban J connectivity index is 1.26. The van der Waals surface area contributed by atoms with Crippen LogP contribution in [0.1, 0.15) is 26.5 Å². The minimum atomic E-state index is -3.51. The van der Waals surface area contributed by atoms with Crippen LogP contribution in [0.15, 0.2) is 41.3 Å². The number of hydrogen-bond donors (Lipinski definition) is 0. The maximum atomic E-state index is 12.7. The second-order valence-corrected chi connectivity index (χ2v) is 11.5. The third-order valence-corrected chi connectivity index (χ3v) is 8.93. The van der Waals surface area contributed by atoms with Gasteiger partial charge in [0.15, 0.2) is 0 Å². The van der Waals surface area contributed by atoms with Crippen LogP contribution in [0.3, 0.4) is 0 Å². The molecule has 1 aromatic carbocycles. The van der Waals surface area contributed by atoms with E-state index in [-0.39, 0.29) is 16.7 Å². The molecule has 33 heavy (non-hydrogen) atoms. The molecule has 2 fully saturated rings. The van der Waals surface area contributed by atoms with E-state index < -0.39 is 10.0 Å². The van der Waals surface area contributed by atoms with Crippen LogP contribution in [-0.4, -0.2) is 86.8 Å². The van der Waals surface area contributed by atoms with Crippen LogP contribution in [0.5, 0.6) is 0 Å². The van der Waals surface area contributed by atoms with Crippen LogP contribution in [0, 0.1) is 6.92 Å². The van der Waals surface area contributed by atoms with Crippen LogP contribution < -0.4 is 0 Å². The van der Waals surface area contributed by atoms with Gasteiger partial charge in [-0.2, -0.15) is 4.31 Å². The SMILES string of the molecule is Cc1ccc(C(=O)N2CCN(C(=O)CCc3ccc(S(=O)(=O)N4CCOCC4)cc3)CC2)s1. The summed E-state index contributed by atoms with van der Waals surface area (Å²) in [7, 11) is -3.51. The van der Waals surface area contributed by atoms with Crippen molar-refractivity contribution < 1.29 is 22.7 Å². The van der Waals surface area contributed by atoms with Crippen molar-refractivity contribution in [1.29, 1.82) is 0 Å². The van der Waals surface area contributed by atoms with E-state index in [2.05, 4.69) is 0 Å². The molecule has 10 heteroatoms. The smallest absolute Gasteiger partial charge is 0.264 e. The molecule has 4 rings (SSSR count). The summed E-state index contributed by atoms with van der Waals surface area (Å²) in [4.78, 5) is 31.0. The summed E-state index contributed by atoms with van der Waals surface area (Å²) in [5, 5.41) is 0. The van der Waals surface area contributed by atoms with Gasteiger partial charge in [0.05, 0.1) is 23.0 Å². The highest BCUT2D eigenvalue weighted by Gasteiger charge is 2.27. The molecule has 178 valence electrons. The summed E-state index contributed by atoms with van der Waals surface area (Å²) in [6.45, 7) is 5.68. The van der Waals surface area contributed by atoms with Gasteiger partial charge in [0.1, 0.15) is 0 Å². The first-order valence-corrected chi connectivity index (χ1v) is 13.4. The van der Waals surface area contributed by atoms with Gasteiger partial charge in [-0.3, -0.25) is 9.59 Å². The van der Waals surface area contributed by atoms with E-state index in [1.807, 2.05) is 24.0 Å². The molecule has 2 amide bonds. The van der Waals surface area contributed by atoms with E-state index in [4.69, 9.17) is 4.74 Å². The Morgan fingerprint density at radius 1 is 0.909 bits per heavy atom. The van der Waals surface area contributed by atoms with E-state index in [1.54, 1.807) is 29.2 Å². The Morgan fingerprint density at radius 2 is 1.55 bits per heavy atom. The van der Waals surface area contributed by atoms with Gasteiger partial charge in [0, 0.05) is 50.6 Å². The van der Waals surface area contributed by atoms with Gasteiger partial charge >= 0.3 is 0 Å². The van der Waals surface area contributed by atoms with Gasteiger partial charge in [-0.15, -0.1) is 11.3 Å². The number of morpholine rings is 1. The third-order valence-electron chi connectivity index (χ3n) is 6.03. The number of sulfonamides is 1. The second-order valence-electron chi connectivity index (χ2n) is 8.24. The summed E-state index contributed by atoms with van der Waals surface area (Å²) in [5.41, 5.74) is 0.922. The first-order chi connectivity index (χ1) is 15.8. The summed E-state index contributed by atoms with van der Waals surface area (Å²) in [6.07, 6.45) is 0.901. The predicted molar refractivity (Wildman–Crippen MR) is 126 cm³/mol. The Bertz CT molecular complexity index is 1080. The summed E-state index contributed by atoms with van der Waals surface area (Å²) >= 11 is 1.50. The maximum absolute atomic E-state index is 12.7. The van der Waals surface area contributed by atoms with E-state index >= 15 is 0 Å². The zero-order valence-electron chi connectivity index (χ0n) is 18.7. The Morgan fingerprint density at radius 3 is 2.15 bits per heavy atom. The molecule has 2 saturated heterocycles. The molecule has 0 aliphatic carbocycles. The van der Waals surface area contributed by atoms with Gasteiger partial charge in [0.2, 0.25) is 15.9 Å². The first-order valence-electron chi connectivity index (χ1n) is 11.1. The van der Waals surface area contributed by atoms with Crippen molar-refractivity contribution in [2.75, 3.05) is 52.5 Å². The molecule has 0 spiro atoms. The van der Waals surface area contributed by atoms with Gasteiger partial charge in [-0.1, -0.05) is 12.1 Å². The molecular weight excluding hydrogens is 462 g/mol. The standard InChI is InChI=1S/C23H29N3O5S2/c1-18-2-8-21(32-18)23(28)25-12-10-24(11-13-25)22(27)9-5-19-3-6-20(7-4-19)33(29,30)26-14-16-31-17-15-26/h2-4,6-8H,5,9-17H2,1H3. The normalized spacial score (nSPS) is 17.8. The van der Waals surface area contributed by atoms with E-state index in [0.717, 1.165) is 15.3 Å². The lowest BCUT2D eigenvalue weighted by molar-refractivity contribution is -0.132. The number of piperazine rings is 1. The molecule has 0 saturated carbocycles. The van der Waals surface area contributed by atoms with Gasteiger partial charge in [0.25, 0.3) is 5.91 Å². The molecule has 0 atom stereocenters. The number of benzene rings is 1. The number of nitrogens with zero attached hydrogens (tertiary/aromatic N) is 3. The van der Waals surface area contributed by atoms with Crippen molar-refractivity contribution in [3.63, 3.8) is 0 Å². The number of carbonyl (C=O) groups excluding carboxylic acids is 2. The topological polar surface area (TPSA) is 87.2 Å².